The predicted octanol–water partition coefficient (Wildman–Crippen LogP) is -0.669. The number of carbonyl (C=O) groups is 2. The second kappa shape index (κ2) is 7.48. The molecular weight excluding hydrogens is 173 g/mol. The van der Waals surface area contributed by atoms with Crippen molar-refractivity contribution in [3.05, 3.63) is 0 Å². The Labute approximate surface area is 62.9 Å². The van der Waals surface area contributed by atoms with E-state index in [9.17, 15) is 9.59 Å². The molecule has 0 heterocycles. The van der Waals surface area contributed by atoms with Crippen LogP contribution in [0.1, 0.15) is 0 Å². The Balaban J connectivity index is -0.000000180. The van der Waals surface area contributed by atoms with Crippen LogP contribution >= 0.6 is 24.8 Å². The van der Waals surface area contributed by atoms with Gasteiger partial charge in [-0.25, -0.2) is 9.59 Å². The minimum absolute atomic E-state index is 0. The van der Waals surface area contributed by atoms with Crippen LogP contribution in [0, 0.1) is 0 Å². The predicted molar refractivity (Wildman–Crippen MR) is 32.4 cm³/mol. The molecule has 0 aliphatic heterocycles. The Morgan fingerprint density at radius 3 is 1.67 bits per heavy atom. The van der Waals surface area contributed by atoms with Crippen LogP contribution in [0.25, 0.3) is 0 Å². The SMILES string of the molecule is Cl.Cl.NOC(=O)C(=O)O. The van der Waals surface area contributed by atoms with Gasteiger partial charge in [0.2, 0.25) is 0 Å². The Morgan fingerprint density at radius 2 is 1.67 bits per heavy atom. The van der Waals surface area contributed by atoms with E-state index in [0.29, 0.717) is 0 Å². The van der Waals surface area contributed by atoms with Gasteiger partial charge in [-0.05, 0) is 0 Å². The van der Waals surface area contributed by atoms with Gasteiger partial charge >= 0.3 is 11.9 Å². The molecular formula is C2H5Cl2NO4. The molecule has 0 saturated heterocycles. The van der Waals surface area contributed by atoms with Gasteiger partial charge in [0.25, 0.3) is 0 Å². The Kier molecular flexibility index (Phi) is 13.1. The minimum atomic E-state index is -1.69. The van der Waals surface area contributed by atoms with Crippen molar-refractivity contribution in [3.8, 4) is 0 Å². The van der Waals surface area contributed by atoms with E-state index < -0.39 is 11.9 Å². The van der Waals surface area contributed by atoms with Crippen LogP contribution < -0.4 is 5.90 Å². The van der Waals surface area contributed by atoms with E-state index in [1.807, 2.05) is 0 Å². The van der Waals surface area contributed by atoms with Gasteiger partial charge in [-0.2, -0.15) is 5.90 Å². The van der Waals surface area contributed by atoms with E-state index in [4.69, 9.17) is 5.11 Å². The zero-order valence-corrected chi connectivity index (χ0v) is 5.70. The lowest BCUT2D eigenvalue weighted by molar-refractivity contribution is -0.164. The Morgan fingerprint density at radius 1 is 1.33 bits per heavy atom. The fraction of sp³-hybridized carbons (Fsp3) is 0. The van der Waals surface area contributed by atoms with Crippen molar-refractivity contribution in [2.24, 2.45) is 5.90 Å². The topological polar surface area (TPSA) is 89.6 Å². The number of halogens is 2. The van der Waals surface area contributed by atoms with E-state index >= 15 is 0 Å². The number of carboxylic acids is 1. The van der Waals surface area contributed by atoms with Gasteiger partial charge in [-0.1, -0.05) is 0 Å². The average Bonchev–Trinajstić information content (AvgIpc) is 1.65. The fourth-order valence-corrected chi connectivity index (χ4v) is 0.0504. The Bertz CT molecular complexity index is 105. The second-order valence-corrected chi connectivity index (χ2v) is 0.710. The maximum Gasteiger partial charge on any atom is 0.435 e. The summed E-state index contributed by atoms with van der Waals surface area (Å²) in [6.07, 6.45) is 0. The molecule has 56 valence electrons. The summed E-state index contributed by atoms with van der Waals surface area (Å²) in [5.41, 5.74) is 0. The minimum Gasteiger partial charge on any atom is -0.473 e. The maximum absolute atomic E-state index is 9.56. The largest absolute Gasteiger partial charge is 0.473 e. The summed E-state index contributed by atoms with van der Waals surface area (Å²) in [4.78, 5) is 22.2. The van der Waals surface area contributed by atoms with E-state index in [1.54, 1.807) is 0 Å². The molecule has 0 rings (SSSR count). The van der Waals surface area contributed by atoms with Gasteiger partial charge in [0.15, 0.2) is 0 Å². The van der Waals surface area contributed by atoms with Crippen LogP contribution in [0.5, 0.6) is 0 Å². The lowest BCUT2D eigenvalue weighted by atomic mass is 10.7. The highest BCUT2D eigenvalue weighted by Crippen LogP contribution is 1.64. The van der Waals surface area contributed by atoms with Crippen molar-refractivity contribution in [2.75, 3.05) is 0 Å². The molecule has 0 aromatic carbocycles. The zero-order valence-electron chi connectivity index (χ0n) is 4.07. The monoisotopic (exact) mass is 177 g/mol. The van der Waals surface area contributed by atoms with Crippen molar-refractivity contribution in [2.45, 2.75) is 0 Å². The van der Waals surface area contributed by atoms with E-state index in [2.05, 4.69) is 10.7 Å². The van der Waals surface area contributed by atoms with Gasteiger partial charge in [0, 0.05) is 0 Å². The van der Waals surface area contributed by atoms with E-state index in [1.165, 1.54) is 0 Å². The molecule has 0 unspecified atom stereocenters. The zero-order chi connectivity index (χ0) is 5.86. The lowest BCUT2D eigenvalue weighted by Crippen LogP contribution is -2.19. The second-order valence-electron chi connectivity index (χ2n) is 0.710. The standard InChI is InChI=1S/C2H3NO4.2ClH/c3-7-2(6)1(4)5;;/h3H2,(H,4,5);2*1H. The average molecular weight is 178 g/mol. The summed E-state index contributed by atoms with van der Waals surface area (Å²) >= 11 is 0. The first-order valence-electron chi connectivity index (χ1n) is 1.32. The summed E-state index contributed by atoms with van der Waals surface area (Å²) in [5.74, 6) is 0.992. The summed E-state index contributed by atoms with van der Waals surface area (Å²) in [6, 6.07) is 0. The van der Waals surface area contributed by atoms with Crippen LogP contribution in [0.2, 0.25) is 0 Å². The van der Waals surface area contributed by atoms with Gasteiger partial charge in [-0.3, -0.25) is 0 Å². The van der Waals surface area contributed by atoms with Crippen molar-refractivity contribution in [3.63, 3.8) is 0 Å². The molecule has 5 nitrogen and oxygen atoms in total. The molecule has 9 heavy (non-hydrogen) atoms. The first-order valence-corrected chi connectivity index (χ1v) is 1.32. The molecule has 0 aliphatic carbocycles. The number of carboxylic acid groups (broad SMARTS) is 1. The van der Waals surface area contributed by atoms with Crippen LogP contribution in [0.15, 0.2) is 0 Å². The molecule has 0 spiro atoms. The summed E-state index contributed by atoms with van der Waals surface area (Å²) in [7, 11) is 0. The van der Waals surface area contributed by atoms with E-state index in [0.717, 1.165) is 0 Å². The van der Waals surface area contributed by atoms with E-state index in [-0.39, 0.29) is 24.8 Å². The van der Waals surface area contributed by atoms with Crippen LogP contribution in [-0.2, 0) is 14.4 Å². The number of hydrogen-bond donors (Lipinski definition) is 2. The molecule has 7 heteroatoms. The third-order valence-corrected chi connectivity index (χ3v) is 0.282. The third kappa shape index (κ3) is 7.48. The molecule has 0 radical (unpaired) electrons. The lowest BCUT2D eigenvalue weighted by Gasteiger charge is -1.84. The number of aliphatic carboxylic acids is 1. The fourth-order valence-electron chi connectivity index (χ4n) is 0.0504. The first kappa shape index (κ1) is 15.8. The van der Waals surface area contributed by atoms with Gasteiger partial charge in [-0.15, -0.1) is 24.8 Å². The molecule has 0 amide bonds. The molecule has 0 saturated carbocycles. The third-order valence-electron chi connectivity index (χ3n) is 0.282. The smallest absolute Gasteiger partial charge is 0.435 e. The molecule has 0 atom stereocenters. The number of hydrogen-bond acceptors (Lipinski definition) is 4. The maximum atomic E-state index is 9.56. The van der Waals surface area contributed by atoms with Crippen molar-refractivity contribution < 1.29 is 19.5 Å². The summed E-state index contributed by atoms with van der Waals surface area (Å²) in [6.45, 7) is 0. The Hall–Kier alpha value is -0.520. The highest BCUT2D eigenvalue weighted by Gasteiger charge is 2.09. The molecule has 0 aromatic heterocycles. The van der Waals surface area contributed by atoms with Gasteiger partial charge in [0.1, 0.15) is 0 Å². The van der Waals surface area contributed by atoms with Crippen molar-refractivity contribution in [1.29, 1.82) is 0 Å². The molecule has 0 aliphatic rings. The quantitative estimate of drug-likeness (QED) is 0.379. The summed E-state index contributed by atoms with van der Waals surface area (Å²) in [5, 5.41) is 7.63. The number of rotatable bonds is 0. The van der Waals surface area contributed by atoms with Crippen molar-refractivity contribution in [1.82, 2.24) is 0 Å². The van der Waals surface area contributed by atoms with Gasteiger partial charge < -0.3 is 9.94 Å². The number of carbonyl (C=O) groups excluding carboxylic acids is 1. The van der Waals surface area contributed by atoms with Crippen LogP contribution in [-0.4, -0.2) is 17.0 Å². The number of nitrogens with two attached hydrogens (primary N) is 1. The molecule has 0 aromatic rings. The molecule has 0 fully saturated rings. The van der Waals surface area contributed by atoms with Crippen LogP contribution in [0.4, 0.5) is 0 Å². The normalized spacial score (nSPS) is 5.89. The van der Waals surface area contributed by atoms with Crippen molar-refractivity contribution >= 4 is 36.8 Å². The summed E-state index contributed by atoms with van der Waals surface area (Å²) < 4.78 is 0. The van der Waals surface area contributed by atoms with Crippen LogP contribution in [0.3, 0.4) is 0 Å². The highest BCUT2D eigenvalue weighted by atomic mass is 35.5. The highest BCUT2D eigenvalue weighted by molar-refractivity contribution is 6.28. The molecule has 3 N–H and O–H groups in total. The first-order chi connectivity index (χ1) is 3.18. The molecule has 0 bridgehead atoms. The van der Waals surface area contributed by atoms with Gasteiger partial charge in [0.05, 0.1) is 0 Å².